The van der Waals surface area contributed by atoms with Crippen molar-refractivity contribution >= 4 is 13.6 Å². The highest BCUT2D eigenvalue weighted by atomic mass is 31.2. The summed E-state index contributed by atoms with van der Waals surface area (Å²) in [6, 6.07) is -0.878. The third kappa shape index (κ3) is 6.44. The Morgan fingerprint density at radius 3 is 2.54 bits per heavy atom. The minimum absolute atomic E-state index is 0.0426. The summed E-state index contributed by atoms with van der Waals surface area (Å²) in [5.41, 5.74) is 10.2. The number of nitrogens with two attached hydrogens (primary N) is 2. The predicted molar refractivity (Wildman–Crippen MR) is 44.3 cm³/mol. The van der Waals surface area contributed by atoms with Crippen LogP contribution in [0.1, 0.15) is 0 Å². The number of carbonyl (C=O) groups is 1. The third-order valence-electron chi connectivity index (χ3n) is 1.05. The largest absolute Gasteiger partial charge is 0.524 e. The Morgan fingerprint density at radius 2 is 2.15 bits per heavy atom. The van der Waals surface area contributed by atoms with E-state index in [-0.39, 0.29) is 6.54 Å². The standard InChI is InChI=1S/C5H11N2O5P/c6-3-4(7)5(8)1-2-12-13(9,10)11/h1-2,4H,3,6-7H2,(H2,9,10,11)/b2-1+/t4-/m0/s1. The fraction of sp³-hybridized carbons (Fsp3) is 0.400. The van der Waals surface area contributed by atoms with Gasteiger partial charge in [0.2, 0.25) is 0 Å². The molecule has 0 radical (unpaired) electrons. The first kappa shape index (κ1) is 12.3. The van der Waals surface area contributed by atoms with Crippen molar-refractivity contribution in [2.24, 2.45) is 11.5 Å². The summed E-state index contributed by atoms with van der Waals surface area (Å²) in [5.74, 6) is -0.559. The van der Waals surface area contributed by atoms with Crippen LogP contribution in [0.5, 0.6) is 0 Å². The zero-order valence-electron chi connectivity index (χ0n) is 6.66. The number of hydrogen-bond acceptors (Lipinski definition) is 5. The summed E-state index contributed by atoms with van der Waals surface area (Å²) >= 11 is 0. The Kier molecular flexibility index (Phi) is 4.82. The van der Waals surface area contributed by atoms with Gasteiger partial charge in [-0.1, -0.05) is 0 Å². The molecule has 0 aliphatic rings. The molecule has 0 bridgehead atoms. The molecule has 0 unspecified atom stereocenters. The molecule has 0 heterocycles. The van der Waals surface area contributed by atoms with E-state index in [0.717, 1.165) is 6.08 Å². The first-order valence-electron chi connectivity index (χ1n) is 3.27. The molecule has 0 saturated carbocycles. The van der Waals surface area contributed by atoms with E-state index < -0.39 is 19.6 Å². The summed E-state index contributed by atoms with van der Waals surface area (Å²) in [5, 5.41) is 0. The number of carbonyl (C=O) groups excluding carboxylic acids is 1. The van der Waals surface area contributed by atoms with Crippen LogP contribution in [0.4, 0.5) is 0 Å². The second-order valence-corrected chi connectivity index (χ2v) is 3.34. The summed E-state index contributed by atoms with van der Waals surface area (Å²) < 4.78 is 14.0. The average molecular weight is 210 g/mol. The van der Waals surface area contributed by atoms with Crippen LogP contribution in [0.3, 0.4) is 0 Å². The first-order valence-corrected chi connectivity index (χ1v) is 4.80. The van der Waals surface area contributed by atoms with Crippen molar-refractivity contribution in [3.05, 3.63) is 12.3 Å². The van der Waals surface area contributed by atoms with Crippen molar-refractivity contribution in [3.63, 3.8) is 0 Å². The lowest BCUT2D eigenvalue weighted by atomic mass is 10.2. The monoisotopic (exact) mass is 210 g/mol. The molecule has 0 aromatic carbocycles. The van der Waals surface area contributed by atoms with Crippen molar-refractivity contribution in [2.75, 3.05) is 6.54 Å². The zero-order chi connectivity index (χ0) is 10.5. The van der Waals surface area contributed by atoms with Gasteiger partial charge in [-0.2, -0.15) is 0 Å². The van der Waals surface area contributed by atoms with Crippen LogP contribution in [0.15, 0.2) is 12.3 Å². The molecule has 0 spiro atoms. The Labute approximate surface area is 74.6 Å². The van der Waals surface area contributed by atoms with E-state index in [4.69, 9.17) is 21.3 Å². The number of hydrogen-bond donors (Lipinski definition) is 4. The Morgan fingerprint density at radius 1 is 1.62 bits per heavy atom. The van der Waals surface area contributed by atoms with Gasteiger partial charge in [0.1, 0.15) is 0 Å². The first-order chi connectivity index (χ1) is 5.87. The molecule has 6 N–H and O–H groups in total. The van der Waals surface area contributed by atoms with Crippen molar-refractivity contribution in [2.45, 2.75) is 6.04 Å². The van der Waals surface area contributed by atoms with Gasteiger partial charge in [0.25, 0.3) is 0 Å². The number of ketones is 1. The molecule has 0 amide bonds. The summed E-state index contributed by atoms with van der Waals surface area (Å²) in [6.07, 6.45) is 1.41. The van der Waals surface area contributed by atoms with Gasteiger partial charge in [0, 0.05) is 12.6 Å². The molecule has 0 aromatic rings. The van der Waals surface area contributed by atoms with E-state index in [9.17, 15) is 9.36 Å². The van der Waals surface area contributed by atoms with Crippen LogP contribution in [0.25, 0.3) is 0 Å². The maximum atomic E-state index is 10.8. The van der Waals surface area contributed by atoms with Gasteiger partial charge >= 0.3 is 7.82 Å². The number of phosphoric acid groups is 1. The highest BCUT2D eigenvalue weighted by Gasteiger charge is 2.13. The van der Waals surface area contributed by atoms with E-state index in [1.54, 1.807) is 0 Å². The van der Waals surface area contributed by atoms with Crippen LogP contribution in [0, 0.1) is 0 Å². The molecule has 0 saturated heterocycles. The molecule has 13 heavy (non-hydrogen) atoms. The van der Waals surface area contributed by atoms with E-state index >= 15 is 0 Å². The Hall–Kier alpha value is -0.720. The molecule has 8 heteroatoms. The Bertz CT molecular complexity index is 247. The van der Waals surface area contributed by atoms with Crippen LogP contribution < -0.4 is 11.5 Å². The summed E-state index contributed by atoms with van der Waals surface area (Å²) in [6.45, 7) is -0.0426. The van der Waals surface area contributed by atoms with E-state index in [2.05, 4.69) is 4.52 Å². The molecule has 7 nitrogen and oxygen atoms in total. The van der Waals surface area contributed by atoms with Crippen LogP contribution >= 0.6 is 7.82 Å². The zero-order valence-corrected chi connectivity index (χ0v) is 7.55. The second-order valence-electron chi connectivity index (χ2n) is 2.14. The molecule has 76 valence electrons. The van der Waals surface area contributed by atoms with Crippen LogP contribution in [-0.4, -0.2) is 28.2 Å². The molecule has 0 aliphatic heterocycles. The smallest absolute Gasteiger partial charge is 0.412 e. The van der Waals surface area contributed by atoms with Gasteiger partial charge in [-0.25, -0.2) is 4.57 Å². The normalized spacial score (nSPS) is 14.5. The van der Waals surface area contributed by atoms with Crippen molar-refractivity contribution in [3.8, 4) is 0 Å². The highest BCUT2D eigenvalue weighted by Crippen LogP contribution is 2.35. The fourth-order valence-electron chi connectivity index (χ4n) is 0.417. The SMILES string of the molecule is NC[C@H](N)C(=O)/C=C/OP(=O)(O)O. The van der Waals surface area contributed by atoms with Crippen LogP contribution in [0.2, 0.25) is 0 Å². The van der Waals surface area contributed by atoms with Gasteiger partial charge < -0.3 is 16.0 Å². The Balaban J connectivity index is 4.00. The molecular weight excluding hydrogens is 199 g/mol. The third-order valence-corrected chi connectivity index (χ3v) is 1.45. The van der Waals surface area contributed by atoms with Gasteiger partial charge in [-0.05, 0) is 0 Å². The topological polar surface area (TPSA) is 136 Å². The fourth-order valence-corrected chi connectivity index (χ4v) is 0.636. The van der Waals surface area contributed by atoms with Gasteiger partial charge in [0.05, 0.1) is 12.3 Å². The van der Waals surface area contributed by atoms with Crippen molar-refractivity contribution in [1.29, 1.82) is 0 Å². The van der Waals surface area contributed by atoms with Gasteiger partial charge in [-0.15, -0.1) is 0 Å². The molecule has 1 atom stereocenters. The quantitative estimate of drug-likeness (QED) is 0.245. The average Bonchev–Trinajstić information content (AvgIpc) is 2.00. The molecule has 0 aromatic heterocycles. The molecule has 0 aliphatic carbocycles. The van der Waals surface area contributed by atoms with E-state index in [1.807, 2.05) is 0 Å². The minimum Gasteiger partial charge on any atom is -0.412 e. The predicted octanol–water partition coefficient (Wildman–Crippen LogP) is -1.54. The lowest BCUT2D eigenvalue weighted by Gasteiger charge is -2.03. The molecular formula is C5H11N2O5P. The van der Waals surface area contributed by atoms with E-state index in [1.165, 1.54) is 0 Å². The lowest BCUT2D eigenvalue weighted by molar-refractivity contribution is -0.115. The minimum atomic E-state index is -4.57. The highest BCUT2D eigenvalue weighted by molar-refractivity contribution is 7.46. The summed E-state index contributed by atoms with van der Waals surface area (Å²) in [4.78, 5) is 27.2. The van der Waals surface area contributed by atoms with Gasteiger partial charge in [-0.3, -0.25) is 14.6 Å². The lowest BCUT2D eigenvalue weighted by Crippen LogP contribution is -2.36. The number of rotatable bonds is 5. The molecule has 0 rings (SSSR count). The van der Waals surface area contributed by atoms with Gasteiger partial charge in [0.15, 0.2) is 5.78 Å². The maximum absolute atomic E-state index is 10.8. The second kappa shape index (κ2) is 5.11. The maximum Gasteiger partial charge on any atom is 0.524 e. The number of phosphoric ester groups is 1. The van der Waals surface area contributed by atoms with Crippen molar-refractivity contribution in [1.82, 2.24) is 0 Å². The van der Waals surface area contributed by atoms with Crippen molar-refractivity contribution < 1.29 is 23.7 Å². The molecule has 0 fully saturated rings. The summed E-state index contributed by atoms with van der Waals surface area (Å²) in [7, 11) is -4.57. The van der Waals surface area contributed by atoms with Crippen LogP contribution in [-0.2, 0) is 13.9 Å². The van der Waals surface area contributed by atoms with E-state index in [0.29, 0.717) is 6.26 Å².